The van der Waals surface area contributed by atoms with Crippen LogP contribution in [0.5, 0.6) is 0 Å². The van der Waals surface area contributed by atoms with Crippen LogP contribution < -0.4 is 0 Å². The number of nitrogens with zero attached hydrogens (tertiary/aromatic N) is 1. The molecule has 0 radical (unpaired) electrons. The van der Waals surface area contributed by atoms with E-state index in [1.807, 2.05) is 6.92 Å². The lowest BCUT2D eigenvalue weighted by atomic mass is 10.1. The topological polar surface area (TPSA) is 42.2 Å². The zero-order valence-electron chi connectivity index (χ0n) is 10.4. The zero-order chi connectivity index (χ0) is 14.0. The standard InChI is InChI=1S/C14H13F2NO2/c1-2-5-17-12(3-4-13(17)14(18)19)9-6-10(15)8-11(16)7-9/h3-4,6-8H,2,5H2,1H3,(H,18,19). The van der Waals surface area contributed by atoms with E-state index < -0.39 is 17.6 Å². The fourth-order valence-electron chi connectivity index (χ4n) is 2.07. The number of rotatable bonds is 4. The minimum Gasteiger partial charge on any atom is -0.477 e. The summed E-state index contributed by atoms with van der Waals surface area (Å²) in [6.07, 6.45) is 0.722. The molecule has 1 aromatic carbocycles. The molecular formula is C14H13F2NO2. The van der Waals surface area contributed by atoms with Crippen molar-refractivity contribution >= 4 is 5.97 Å². The van der Waals surface area contributed by atoms with Gasteiger partial charge < -0.3 is 9.67 Å². The highest BCUT2D eigenvalue weighted by atomic mass is 19.1. The maximum Gasteiger partial charge on any atom is 0.352 e. The monoisotopic (exact) mass is 265 g/mol. The van der Waals surface area contributed by atoms with Crippen LogP contribution in [0.1, 0.15) is 23.8 Å². The average Bonchev–Trinajstić information content (AvgIpc) is 2.72. The second-order valence-corrected chi connectivity index (χ2v) is 4.22. The van der Waals surface area contributed by atoms with Gasteiger partial charge in [0, 0.05) is 23.9 Å². The minimum atomic E-state index is -1.06. The lowest BCUT2D eigenvalue weighted by molar-refractivity contribution is 0.0685. The SMILES string of the molecule is CCCn1c(C(=O)O)ccc1-c1cc(F)cc(F)c1. The third kappa shape index (κ3) is 2.65. The number of hydrogen-bond donors (Lipinski definition) is 1. The van der Waals surface area contributed by atoms with Crippen molar-refractivity contribution in [1.82, 2.24) is 4.57 Å². The molecule has 2 aromatic rings. The first-order chi connectivity index (χ1) is 9.02. The summed E-state index contributed by atoms with van der Waals surface area (Å²) < 4.78 is 28.0. The van der Waals surface area contributed by atoms with Gasteiger partial charge in [0.25, 0.3) is 0 Å². The molecule has 0 atom stereocenters. The van der Waals surface area contributed by atoms with Gasteiger partial charge in [0.2, 0.25) is 0 Å². The molecule has 1 heterocycles. The molecule has 0 fully saturated rings. The molecule has 0 amide bonds. The predicted octanol–water partition coefficient (Wildman–Crippen LogP) is 3.54. The van der Waals surface area contributed by atoms with Gasteiger partial charge in [0.05, 0.1) is 0 Å². The van der Waals surface area contributed by atoms with Gasteiger partial charge in [-0.2, -0.15) is 0 Å². The Morgan fingerprint density at radius 3 is 2.37 bits per heavy atom. The van der Waals surface area contributed by atoms with E-state index in [0.717, 1.165) is 12.5 Å². The van der Waals surface area contributed by atoms with E-state index >= 15 is 0 Å². The normalized spacial score (nSPS) is 10.7. The number of carboxylic acids is 1. The Morgan fingerprint density at radius 1 is 1.21 bits per heavy atom. The van der Waals surface area contributed by atoms with Crippen molar-refractivity contribution in [2.75, 3.05) is 0 Å². The first-order valence-corrected chi connectivity index (χ1v) is 5.92. The molecule has 5 heteroatoms. The van der Waals surface area contributed by atoms with Gasteiger partial charge in [0.15, 0.2) is 0 Å². The maximum atomic E-state index is 13.2. The molecule has 3 nitrogen and oxygen atoms in total. The van der Waals surface area contributed by atoms with Crippen molar-refractivity contribution in [2.45, 2.75) is 19.9 Å². The van der Waals surface area contributed by atoms with Gasteiger partial charge in [-0.25, -0.2) is 13.6 Å². The third-order valence-electron chi connectivity index (χ3n) is 2.81. The van der Waals surface area contributed by atoms with Crippen molar-refractivity contribution in [3.8, 4) is 11.3 Å². The fourth-order valence-corrected chi connectivity index (χ4v) is 2.07. The lowest BCUT2D eigenvalue weighted by Gasteiger charge is -2.10. The summed E-state index contributed by atoms with van der Waals surface area (Å²) in [6, 6.07) is 6.17. The molecule has 100 valence electrons. The van der Waals surface area contributed by atoms with Crippen LogP contribution in [0.25, 0.3) is 11.3 Å². The van der Waals surface area contributed by atoms with Crippen LogP contribution in [-0.4, -0.2) is 15.6 Å². The van der Waals surface area contributed by atoms with Crippen LogP contribution in [0.4, 0.5) is 8.78 Å². The maximum absolute atomic E-state index is 13.2. The van der Waals surface area contributed by atoms with E-state index in [4.69, 9.17) is 5.11 Å². The number of carbonyl (C=O) groups is 1. The molecule has 19 heavy (non-hydrogen) atoms. The van der Waals surface area contributed by atoms with E-state index in [2.05, 4.69) is 0 Å². The number of halogens is 2. The van der Waals surface area contributed by atoms with Gasteiger partial charge in [-0.15, -0.1) is 0 Å². The van der Waals surface area contributed by atoms with Crippen molar-refractivity contribution < 1.29 is 18.7 Å². The Balaban J connectivity index is 2.58. The molecule has 0 aliphatic heterocycles. The van der Waals surface area contributed by atoms with Gasteiger partial charge in [-0.05, 0) is 30.7 Å². The summed E-state index contributed by atoms with van der Waals surface area (Å²) in [5.41, 5.74) is 0.942. The van der Waals surface area contributed by atoms with Crippen LogP contribution in [0.3, 0.4) is 0 Å². The third-order valence-corrected chi connectivity index (χ3v) is 2.81. The average molecular weight is 265 g/mol. The Hall–Kier alpha value is -2.17. The summed E-state index contributed by atoms with van der Waals surface area (Å²) in [5, 5.41) is 9.09. The van der Waals surface area contributed by atoms with Crippen molar-refractivity contribution in [3.05, 3.63) is 47.7 Å². The van der Waals surface area contributed by atoms with E-state index in [1.165, 1.54) is 18.2 Å². The van der Waals surface area contributed by atoms with E-state index in [0.29, 0.717) is 17.8 Å². The smallest absolute Gasteiger partial charge is 0.352 e. The van der Waals surface area contributed by atoms with Gasteiger partial charge >= 0.3 is 5.97 Å². The minimum absolute atomic E-state index is 0.113. The van der Waals surface area contributed by atoms with Crippen LogP contribution in [0.2, 0.25) is 0 Å². The lowest BCUT2D eigenvalue weighted by Crippen LogP contribution is -2.09. The number of aromatic nitrogens is 1. The molecule has 0 aliphatic rings. The second kappa shape index (κ2) is 5.22. The Morgan fingerprint density at radius 2 is 1.84 bits per heavy atom. The highest BCUT2D eigenvalue weighted by molar-refractivity contribution is 5.87. The van der Waals surface area contributed by atoms with Crippen LogP contribution >= 0.6 is 0 Å². The molecule has 1 N–H and O–H groups in total. The van der Waals surface area contributed by atoms with Crippen molar-refractivity contribution in [3.63, 3.8) is 0 Å². The summed E-state index contributed by atoms with van der Waals surface area (Å²) in [4.78, 5) is 11.1. The Bertz CT molecular complexity index is 600. The molecule has 0 aliphatic carbocycles. The largest absolute Gasteiger partial charge is 0.477 e. The highest BCUT2D eigenvalue weighted by Crippen LogP contribution is 2.25. The van der Waals surface area contributed by atoms with Crippen molar-refractivity contribution in [1.29, 1.82) is 0 Å². The Kier molecular flexibility index (Phi) is 3.64. The number of aromatic carboxylic acids is 1. The number of carboxylic acid groups (broad SMARTS) is 1. The molecule has 0 saturated heterocycles. The zero-order valence-corrected chi connectivity index (χ0v) is 10.4. The van der Waals surface area contributed by atoms with Crippen LogP contribution in [-0.2, 0) is 6.54 Å². The van der Waals surface area contributed by atoms with Gasteiger partial charge in [-0.3, -0.25) is 0 Å². The molecule has 1 aromatic heterocycles. The van der Waals surface area contributed by atoms with E-state index in [1.54, 1.807) is 10.6 Å². The van der Waals surface area contributed by atoms with E-state index in [-0.39, 0.29) is 5.69 Å². The number of hydrogen-bond acceptors (Lipinski definition) is 1. The van der Waals surface area contributed by atoms with Gasteiger partial charge in [-0.1, -0.05) is 6.92 Å². The summed E-state index contributed by atoms with van der Waals surface area (Å²) >= 11 is 0. The predicted molar refractivity (Wildman–Crippen MR) is 67.0 cm³/mol. The molecule has 0 spiro atoms. The van der Waals surface area contributed by atoms with Crippen molar-refractivity contribution in [2.24, 2.45) is 0 Å². The summed E-state index contributed by atoms with van der Waals surface area (Å²) in [7, 11) is 0. The quantitative estimate of drug-likeness (QED) is 0.918. The summed E-state index contributed by atoms with van der Waals surface area (Å²) in [6.45, 7) is 2.38. The fraction of sp³-hybridized carbons (Fsp3) is 0.214. The Labute approximate surface area is 109 Å². The molecular weight excluding hydrogens is 252 g/mol. The number of benzene rings is 1. The van der Waals surface area contributed by atoms with Crippen LogP contribution in [0, 0.1) is 11.6 Å². The van der Waals surface area contributed by atoms with E-state index in [9.17, 15) is 13.6 Å². The molecule has 0 saturated carbocycles. The summed E-state index contributed by atoms with van der Waals surface area (Å²) in [5.74, 6) is -2.43. The van der Waals surface area contributed by atoms with Gasteiger partial charge in [0.1, 0.15) is 17.3 Å². The first-order valence-electron chi connectivity index (χ1n) is 5.92. The second-order valence-electron chi connectivity index (χ2n) is 4.22. The molecule has 0 bridgehead atoms. The first kappa shape index (κ1) is 13.3. The molecule has 0 unspecified atom stereocenters. The highest BCUT2D eigenvalue weighted by Gasteiger charge is 2.15. The van der Waals surface area contributed by atoms with Crippen LogP contribution in [0.15, 0.2) is 30.3 Å². The molecule has 2 rings (SSSR count).